The smallest absolute Gasteiger partial charge is 0.410 e. The highest BCUT2D eigenvalue weighted by Gasteiger charge is 2.28. The Kier molecular flexibility index (Phi) is 6.66. The van der Waals surface area contributed by atoms with E-state index in [9.17, 15) is 4.79 Å². The van der Waals surface area contributed by atoms with Gasteiger partial charge in [-0.3, -0.25) is 4.98 Å². The Balaban J connectivity index is 3.00. The van der Waals surface area contributed by atoms with E-state index in [1.165, 1.54) is 0 Å². The lowest BCUT2D eigenvalue weighted by atomic mass is 10.0. The minimum atomic E-state index is -0.474. The number of ether oxygens (including phenoxy) is 1. The molecule has 0 fully saturated rings. The van der Waals surface area contributed by atoms with E-state index in [-0.39, 0.29) is 12.1 Å². The predicted molar refractivity (Wildman–Crippen MR) is 85.1 cm³/mol. The van der Waals surface area contributed by atoms with Crippen LogP contribution in [0.4, 0.5) is 4.79 Å². The Morgan fingerprint density at radius 2 is 1.86 bits per heavy atom. The van der Waals surface area contributed by atoms with Crippen molar-refractivity contribution in [3.8, 4) is 0 Å². The lowest BCUT2D eigenvalue weighted by Crippen LogP contribution is -2.39. The molecule has 118 valence electrons. The molecule has 0 aliphatic heterocycles. The molecule has 4 nitrogen and oxygen atoms in total. The number of pyridine rings is 1. The number of hydrogen-bond donors (Lipinski definition) is 0. The van der Waals surface area contributed by atoms with Gasteiger partial charge >= 0.3 is 6.09 Å². The monoisotopic (exact) mass is 292 g/mol. The number of amides is 1. The van der Waals surface area contributed by atoms with Gasteiger partial charge in [0, 0.05) is 18.9 Å². The molecule has 0 aliphatic carbocycles. The first kappa shape index (κ1) is 17.5. The molecule has 0 radical (unpaired) electrons. The average molecular weight is 292 g/mol. The zero-order valence-electron chi connectivity index (χ0n) is 13.9. The van der Waals surface area contributed by atoms with Crippen molar-refractivity contribution in [1.82, 2.24) is 9.88 Å². The van der Waals surface area contributed by atoms with Crippen LogP contribution in [0.15, 0.2) is 24.5 Å². The summed E-state index contributed by atoms with van der Waals surface area (Å²) in [6, 6.07) is 4.01. The summed E-state index contributed by atoms with van der Waals surface area (Å²) in [5, 5.41) is 0. The molecule has 0 saturated heterocycles. The van der Waals surface area contributed by atoms with Gasteiger partial charge in [0.05, 0.1) is 6.04 Å². The Labute approximate surface area is 128 Å². The highest BCUT2D eigenvalue weighted by atomic mass is 16.6. The van der Waals surface area contributed by atoms with Gasteiger partial charge in [0.2, 0.25) is 0 Å². The second kappa shape index (κ2) is 8.01. The number of carbonyl (C=O) groups is 1. The molecule has 1 amide bonds. The van der Waals surface area contributed by atoms with Gasteiger partial charge < -0.3 is 9.64 Å². The lowest BCUT2D eigenvalue weighted by molar-refractivity contribution is 0.0147. The SMILES string of the molecule is CCCC(c1ccncc1)N(CCC)C(=O)OC(C)(C)C. The average Bonchev–Trinajstić information content (AvgIpc) is 2.41. The Bertz CT molecular complexity index is 426. The fourth-order valence-electron chi connectivity index (χ4n) is 2.30. The molecule has 1 aromatic heterocycles. The van der Waals surface area contributed by atoms with Crippen molar-refractivity contribution in [1.29, 1.82) is 0 Å². The maximum atomic E-state index is 12.5. The topological polar surface area (TPSA) is 42.4 Å². The van der Waals surface area contributed by atoms with Crippen molar-refractivity contribution in [3.63, 3.8) is 0 Å². The molecule has 0 saturated carbocycles. The van der Waals surface area contributed by atoms with Crippen LogP contribution in [-0.4, -0.2) is 28.1 Å². The van der Waals surface area contributed by atoms with Crippen molar-refractivity contribution in [2.75, 3.05) is 6.54 Å². The third-order valence-corrected chi connectivity index (χ3v) is 3.12. The summed E-state index contributed by atoms with van der Waals surface area (Å²) in [4.78, 5) is 18.4. The lowest BCUT2D eigenvalue weighted by Gasteiger charge is -2.33. The van der Waals surface area contributed by atoms with Crippen LogP contribution in [0.3, 0.4) is 0 Å². The fraction of sp³-hybridized carbons (Fsp3) is 0.647. The van der Waals surface area contributed by atoms with Crippen molar-refractivity contribution in [2.24, 2.45) is 0 Å². The van der Waals surface area contributed by atoms with E-state index < -0.39 is 5.60 Å². The summed E-state index contributed by atoms with van der Waals surface area (Å²) >= 11 is 0. The van der Waals surface area contributed by atoms with Gasteiger partial charge in [0.25, 0.3) is 0 Å². The van der Waals surface area contributed by atoms with Crippen molar-refractivity contribution in [3.05, 3.63) is 30.1 Å². The van der Waals surface area contributed by atoms with Crippen molar-refractivity contribution < 1.29 is 9.53 Å². The maximum absolute atomic E-state index is 12.5. The first-order valence-corrected chi connectivity index (χ1v) is 7.78. The molecule has 1 heterocycles. The summed E-state index contributed by atoms with van der Waals surface area (Å²) < 4.78 is 5.57. The van der Waals surface area contributed by atoms with Crippen LogP contribution >= 0.6 is 0 Å². The maximum Gasteiger partial charge on any atom is 0.410 e. The molecule has 1 unspecified atom stereocenters. The summed E-state index contributed by atoms with van der Waals surface area (Å²) in [6.07, 6.45) is 6.15. The molecular weight excluding hydrogens is 264 g/mol. The molecule has 0 bridgehead atoms. The molecule has 1 aromatic rings. The van der Waals surface area contributed by atoms with Gasteiger partial charge in [-0.15, -0.1) is 0 Å². The minimum Gasteiger partial charge on any atom is -0.444 e. The van der Waals surface area contributed by atoms with Crippen LogP contribution in [0.1, 0.15) is 65.5 Å². The summed E-state index contributed by atoms with van der Waals surface area (Å²) in [6.45, 7) is 10.6. The summed E-state index contributed by atoms with van der Waals surface area (Å²) in [5.74, 6) is 0. The van der Waals surface area contributed by atoms with Gasteiger partial charge in [-0.1, -0.05) is 20.3 Å². The molecule has 0 N–H and O–H groups in total. The minimum absolute atomic E-state index is 0.0489. The van der Waals surface area contributed by atoms with Gasteiger partial charge in [0.15, 0.2) is 0 Å². The number of rotatable bonds is 6. The Hall–Kier alpha value is -1.58. The zero-order valence-corrected chi connectivity index (χ0v) is 13.9. The molecule has 4 heteroatoms. The second-order valence-corrected chi connectivity index (χ2v) is 6.26. The molecule has 1 atom stereocenters. The molecular formula is C17H28N2O2. The highest BCUT2D eigenvalue weighted by molar-refractivity contribution is 5.68. The molecule has 1 rings (SSSR count). The van der Waals surface area contributed by atoms with E-state index in [0.717, 1.165) is 24.8 Å². The largest absolute Gasteiger partial charge is 0.444 e. The fourth-order valence-corrected chi connectivity index (χ4v) is 2.30. The molecule has 0 aliphatic rings. The number of aromatic nitrogens is 1. The van der Waals surface area contributed by atoms with E-state index in [0.29, 0.717) is 6.54 Å². The molecule has 0 aromatic carbocycles. The van der Waals surface area contributed by atoms with Crippen molar-refractivity contribution >= 4 is 6.09 Å². The standard InChI is InChI=1S/C17H28N2O2/c1-6-8-15(14-9-11-18-12-10-14)19(13-7-2)16(20)21-17(3,4)5/h9-12,15H,6-8,13H2,1-5H3. The van der Waals surface area contributed by atoms with E-state index in [2.05, 4.69) is 18.8 Å². The first-order chi connectivity index (χ1) is 9.89. The highest BCUT2D eigenvalue weighted by Crippen LogP contribution is 2.27. The van der Waals surface area contributed by atoms with Crippen LogP contribution in [0, 0.1) is 0 Å². The molecule has 0 spiro atoms. The van der Waals surface area contributed by atoms with Gasteiger partial charge in [-0.25, -0.2) is 4.79 Å². The van der Waals surface area contributed by atoms with Crippen LogP contribution < -0.4 is 0 Å². The van der Waals surface area contributed by atoms with Gasteiger partial charge in [-0.2, -0.15) is 0 Å². The van der Waals surface area contributed by atoms with E-state index in [1.54, 1.807) is 12.4 Å². The van der Waals surface area contributed by atoms with E-state index in [1.807, 2.05) is 37.8 Å². The third-order valence-electron chi connectivity index (χ3n) is 3.12. The van der Waals surface area contributed by atoms with E-state index in [4.69, 9.17) is 4.74 Å². The molecule has 21 heavy (non-hydrogen) atoms. The third kappa shape index (κ3) is 5.74. The first-order valence-electron chi connectivity index (χ1n) is 7.78. The van der Waals surface area contributed by atoms with Crippen LogP contribution in [0.25, 0.3) is 0 Å². The van der Waals surface area contributed by atoms with Crippen LogP contribution in [0.5, 0.6) is 0 Å². The Morgan fingerprint density at radius 3 is 2.33 bits per heavy atom. The van der Waals surface area contributed by atoms with Gasteiger partial charge in [0.1, 0.15) is 5.60 Å². The van der Waals surface area contributed by atoms with Gasteiger partial charge in [-0.05, 0) is 51.3 Å². The van der Waals surface area contributed by atoms with Crippen LogP contribution in [0.2, 0.25) is 0 Å². The van der Waals surface area contributed by atoms with E-state index >= 15 is 0 Å². The second-order valence-electron chi connectivity index (χ2n) is 6.26. The number of carbonyl (C=O) groups excluding carboxylic acids is 1. The van der Waals surface area contributed by atoms with Crippen LogP contribution in [-0.2, 0) is 4.74 Å². The summed E-state index contributed by atoms with van der Waals surface area (Å²) in [5.41, 5.74) is 0.643. The quantitative estimate of drug-likeness (QED) is 0.771. The number of hydrogen-bond acceptors (Lipinski definition) is 3. The normalized spacial score (nSPS) is 12.8. The predicted octanol–water partition coefficient (Wildman–Crippen LogP) is 4.57. The summed E-state index contributed by atoms with van der Waals surface area (Å²) in [7, 11) is 0. The van der Waals surface area contributed by atoms with Crippen molar-refractivity contribution in [2.45, 2.75) is 65.5 Å². The Morgan fingerprint density at radius 1 is 1.24 bits per heavy atom. The zero-order chi connectivity index (χ0) is 15.9. The number of nitrogens with zero attached hydrogens (tertiary/aromatic N) is 2.